The van der Waals surface area contributed by atoms with Crippen molar-refractivity contribution in [1.82, 2.24) is 15.4 Å². The van der Waals surface area contributed by atoms with Gasteiger partial charge >= 0.3 is 0 Å². The lowest BCUT2D eigenvalue weighted by Crippen LogP contribution is -2.32. The van der Waals surface area contributed by atoms with E-state index in [0.717, 1.165) is 12.8 Å². The zero-order valence-corrected chi connectivity index (χ0v) is 10.2. The van der Waals surface area contributed by atoms with E-state index in [1.807, 2.05) is 21.0 Å². The fourth-order valence-corrected chi connectivity index (χ4v) is 2.53. The highest BCUT2D eigenvalue weighted by Gasteiger charge is 2.47. The SMILES string of the molecule is C[B][C@@H](C)C1CCCCc2n[nH]nc2C1(F)F. The van der Waals surface area contributed by atoms with Gasteiger partial charge in [0.25, 0.3) is 5.92 Å². The van der Waals surface area contributed by atoms with E-state index in [9.17, 15) is 8.78 Å². The van der Waals surface area contributed by atoms with Gasteiger partial charge in [-0.25, -0.2) is 0 Å². The molecule has 0 spiro atoms. The van der Waals surface area contributed by atoms with Crippen LogP contribution in [0.1, 0.15) is 37.6 Å². The van der Waals surface area contributed by atoms with E-state index in [2.05, 4.69) is 15.4 Å². The van der Waals surface area contributed by atoms with Gasteiger partial charge in [-0.1, -0.05) is 26.0 Å². The summed E-state index contributed by atoms with van der Waals surface area (Å²) < 4.78 is 28.9. The minimum Gasteiger partial charge on any atom is -0.199 e. The molecule has 2 rings (SSSR count). The normalized spacial score (nSPS) is 25.5. The number of nitrogens with one attached hydrogen (secondary N) is 1. The second-order valence-electron chi connectivity index (χ2n) is 4.79. The van der Waals surface area contributed by atoms with Crippen molar-refractivity contribution >= 4 is 7.28 Å². The molecule has 0 amide bonds. The van der Waals surface area contributed by atoms with E-state index in [4.69, 9.17) is 0 Å². The maximum Gasteiger partial charge on any atom is 0.295 e. The second kappa shape index (κ2) is 4.74. The fraction of sp³-hybridized carbons (Fsp3) is 0.818. The standard InChI is InChI=1S/C11H17BF2N3/c1-7(12-2)8-5-3-4-6-9-10(11(8,13)14)16-17-15-9/h7-8H,3-6H2,1-2H3,(H,15,16,17)/t7-,8?/m0/s1. The van der Waals surface area contributed by atoms with E-state index in [-0.39, 0.29) is 11.5 Å². The Kier molecular flexibility index (Phi) is 3.49. The number of aromatic nitrogens is 3. The van der Waals surface area contributed by atoms with Crippen LogP contribution < -0.4 is 0 Å². The van der Waals surface area contributed by atoms with Crippen LogP contribution in [0.3, 0.4) is 0 Å². The van der Waals surface area contributed by atoms with Crippen molar-refractivity contribution in [2.24, 2.45) is 5.92 Å². The van der Waals surface area contributed by atoms with Crippen LogP contribution in [0.5, 0.6) is 0 Å². The molecule has 2 atom stereocenters. The molecule has 0 saturated carbocycles. The summed E-state index contributed by atoms with van der Waals surface area (Å²) in [6.07, 6.45) is 2.87. The summed E-state index contributed by atoms with van der Waals surface area (Å²) in [6.45, 7) is 3.68. The van der Waals surface area contributed by atoms with Crippen LogP contribution in [0.15, 0.2) is 0 Å². The third-order valence-electron chi connectivity index (χ3n) is 3.74. The number of aryl methyl sites for hydroxylation is 1. The number of hydrogen-bond acceptors (Lipinski definition) is 2. The zero-order valence-electron chi connectivity index (χ0n) is 10.2. The molecule has 1 heterocycles. The van der Waals surface area contributed by atoms with Gasteiger partial charge in [-0.15, -0.1) is 0 Å². The molecule has 0 bridgehead atoms. The predicted molar refractivity (Wildman–Crippen MR) is 62.4 cm³/mol. The monoisotopic (exact) mass is 240 g/mol. The maximum absolute atomic E-state index is 14.4. The molecule has 1 aromatic heterocycles. The Bertz CT molecular complexity index is 381. The molecule has 1 aromatic rings. The van der Waals surface area contributed by atoms with Crippen LogP contribution in [0.25, 0.3) is 0 Å². The largest absolute Gasteiger partial charge is 0.295 e. The summed E-state index contributed by atoms with van der Waals surface area (Å²) in [5.74, 6) is -3.67. The lowest BCUT2D eigenvalue weighted by atomic mass is 9.59. The first-order valence-corrected chi connectivity index (χ1v) is 6.14. The van der Waals surface area contributed by atoms with E-state index in [1.54, 1.807) is 0 Å². The number of halogens is 2. The Balaban J connectivity index is 2.37. The van der Waals surface area contributed by atoms with E-state index >= 15 is 0 Å². The van der Waals surface area contributed by atoms with Crippen LogP contribution in [0.4, 0.5) is 8.78 Å². The Morgan fingerprint density at radius 1 is 1.41 bits per heavy atom. The Hall–Kier alpha value is -0.935. The van der Waals surface area contributed by atoms with Crippen LogP contribution in [0, 0.1) is 5.92 Å². The third kappa shape index (κ3) is 2.22. The number of hydrogen-bond donors (Lipinski definition) is 1. The predicted octanol–water partition coefficient (Wildman–Crippen LogP) is 2.80. The van der Waals surface area contributed by atoms with Crippen molar-refractivity contribution in [2.75, 3.05) is 0 Å². The lowest BCUT2D eigenvalue weighted by molar-refractivity contribution is -0.0762. The molecule has 1 radical (unpaired) electrons. The van der Waals surface area contributed by atoms with Crippen molar-refractivity contribution in [3.8, 4) is 0 Å². The van der Waals surface area contributed by atoms with Crippen LogP contribution >= 0.6 is 0 Å². The first-order valence-electron chi connectivity index (χ1n) is 6.14. The molecule has 1 N–H and O–H groups in total. The number of alkyl halides is 2. The lowest BCUT2D eigenvalue weighted by Gasteiger charge is -2.31. The number of rotatable bonds is 2. The molecule has 1 unspecified atom stereocenters. The first-order chi connectivity index (χ1) is 8.07. The van der Waals surface area contributed by atoms with Gasteiger partial charge in [-0.05, 0) is 19.3 Å². The summed E-state index contributed by atoms with van der Waals surface area (Å²) in [4.78, 5) is 0. The molecular weight excluding hydrogens is 223 g/mol. The molecule has 6 heteroatoms. The molecule has 0 fully saturated rings. The van der Waals surface area contributed by atoms with Crippen LogP contribution in [0.2, 0.25) is 12.6 Å². The molecule has 0 saturated heterocycles. The van der Waals surface area contributed by atoms with Gasteiger partial charge in [-0.3, -0.25) is 0 Å². The van der Waals surface area contributed by atoms with Crippen LogP contribution in [-0.4, -0.2) is 22.7 Å². The number of aromatic amines is 1. The highest BCUT2D eigenvalue weighted by Crippen LogP contribution is 2.45. The van der Waals surface area contributed by atoms with E-state index in [1.165, 1.54) is 0 Å². The third-order valence-corrected chi connectivity index (χ3v) is 3.74. The average molecular weight is 240 g/mol. The summed E-state index contributed by atoms with van der Waals surface area (Å²) >= 11 is 0. The van der Waals surface area contributed by atoms with Gasteiger partial charge in [-0.2, -0.15) is 24.2 Å². The van der Waals surface area contributed by atoms with E-state index < -0.39 is 11.8 Å². The van der Waals surface area contributed by atoms with Gasteiger partial charge in [0.2, 0.25) is 0 Å². The van der Waals surface area contributed by atoms with Gasteiger partial charge in [0.15, 0.2) is 5.69 Å². The summed E-state index contributed by atoms with van der Waals surface area (Å²) in [6, 6.07) is 0. The average Bonchev–Trinajstić information content (AvgIpc) is 2.74. The van der Waals surface area contributed by atoms with Crippen molar-refractivity contribution < 1.29 is 8.78 Å². The minimum absolute atomic E-state index is 0.118. The van der Waals surface area contributed by atoms with Gasteiger partial charge in [0.1, 0.15) is 7.28 Å². The summed E-state index contributed by atoms with van der Waals surface area (Å²) in [5, 5.41) is 9.86. The molecule has 1 aliphatic carbocycles. The second-order valence-corrected chi connectivity index (χ2v) is 4.79. The zero-order chi connectivity index (χ0) is 12.5. The first kappa shape index (κ1) is 12.5. The molecular formula is C11H17BF2N3. The fourth-order valence-electron chi connectivity index (χ4n) is 2.53. The quantitative estimate of drug-likeness (QED) is 0.807. The Labute approximate surface area is 101 Å². The van der Waals surface area contributed by atoms with Crippen molar-refractivity contribution in [2.45, 2.75) is 51.2 Å². The number of fused-ring (bicyclic) bond motifs is 1. The van der Waals surface area contributed by atoms with Gasteiger partial charge in [0.05, 0.1) is 5.69 Å². The highest BCUT2D eigenvalue weighted by atomic mass is 19.3. The van der Waals surface area contributed by atoms with Crippen LogP contribution in [-0.2, 0) is 12.3 Å². The molecule has 17 heavy (non-hydrogen) atoms. The Morgan fingerprint density at radius 3 is 2.88 bits per heavy atom. The molecule has 0 aliphatic heterocycles. The maximum atomic E-state index is 14.4. The topological polar surface area (TPSA) is 41.6 Å². The van der Waals surface area contributed by atoms with E-state index in [0.29, 0.717) is 18.5 Å². The Morgan fingerprint density at radius 2 is 2.18 bits per heavy atom. The van der Waals surface area contributed by atoms with Gasteiger partial charge < -0.3 is 0 Å². The molecule has 93 valence electrons. The smallest absolute Gasteiger partial charge is 0.199 e. The molecule has 1 aliphatic rings. The minimum atomic E-state index is -2.88. The molecule has 3 nitrogen and oxygen atoms in total. The van der Waals surface area contributed by atoms with Crippen molar-refractivity contribution in [1.29, 1.82) is 0 Å². The summed E-state index contributed by atoms with van der Waals surface area (Å²) in [5.41, 5.74) is 0.291. The molecule has 0 aromatic carbocycles. The van der Waals surface area contributed by atoms with Gasteiger partial charge in [0, 0.05) is 5.92 Å². The van der Waals surface area contributed by atoms with Crippen molar-refractivity contribution in [3.05, 3.63) is 11.4 Å². The van der Waals surface area contributed by atoms with Crippen molar-refractivity contribution in [3.63, 3.8) is 0 Å². The number of nitrogens with zero attached hydrogens (tertiary/aromatic N) is 2. The number of H-pyrrole nitrogens is 1. The highest BCUT2D eigenvalue weighted by molar-refractivity contribution is 6.35. The summed E-state index contributed by atoms with van der Waals surface area (Å²) in [7, 11) is 1.85.